The van der Waals surface area contributed by atoms with Crippen LogP contribution in [0.4, 0.5) is 0 Å². The van der Waals surface area contributed by atoms with E-state index in [1.165, 1.54) is 44.1 Å². The second-order valence-corrected chi connectivity index (χ2v) is 14.1. The summed E-state index contributed by atoms with van der Waals surface area (Å²) >= 11 is 0. The molecule has 3 heterocycles. The topological polar surface area (TPSA) is 26.4 Å². The van der Waals surface area contributed by atoms with Gasteiger partial charge in [-0.25, -0.2) is 0 Å². The number of para-hydroxylation sites is 2. The van der Waals surface area contributed by atoms with Gasteiger partial charge in [-0.05, 0) is 93.4 Å². The molecule has 0 aliphatic heterocycles. The van der Waals surface area contributed by atoms with E-state index in [2.05, 4.69) is 140 Å². The fourth-order valence-electron chi connectivity index (χ4n) is 8.97. The molecule has 3 heteroatoms. The second kappa shape index (κ2) is 9.24. The van der Waals surface area contributed by atoms with Gasteiger partial charge in [-0.15, -0.1) is 0 Å². The van der Waals surface area contributed by atoms with E-state index < -0.39 is 0 Å². The number of pyridine rings is 1. The molecule has 0 saturated carbocycles. The smallest absolute Gasteiger partial charge is 0.263 e. The van der Waals surface area contributed by atoms with Gasteiger partial charge in [-0.1, -0.05) is 105 Å². The summed E-state index contributed by atoms with van der Waals surface area (Å²) in [5.74, 6) is 0. The summed E-state index contributed by atoms with van der Waals surface area (Å²) in [6.07, 6.45) is 0. The van der Waals surface area contributed by atoms with Crippen molar-refractivity contribution in [2.45, 2.75) is 19.3 Å². The minimum atomic E-state index is -0.0864. The molecule has 7 aromatic carbocycles. The van der Waals surface area contributed by atoms with E-state index in [0.717, 1.165) is 54.8 Å². The Kier molecular flexibility index (Phi) is 5.06. The molecule has 0 spiro atoms. The quantitative estimate of drug-likeness (QED) is 0.175. The van der Waals surface area contributed by atoms with Crippen LogP contribution in [0.25, 0.3) is 87.7 Å². The number of fused-ring (bicyclic) bond motifs is 11. The molecule has 3 nitrogen and oxygen atoms in total. The first kappa shape index (κ1) is 26.8. The van der Waals surface area contributed by atoms with Crippen LogP contribution in [0.3, 0.4) is 0 Å². The number of rotatable bonds is 2. The third-order valence-electron chi connectivity index (χ3n) is 11.2. The lowest BCUT2D eigenvalue weighted by Crippen LogP contribution is -2.14. The maximum absolute atomic E-state index is 13.8. The minimum absolute atomic E-state index is 0.0353. The molecule has 230 valence electrons. The van der Waals surface area contributed by atoms with Crippen molar-refractivity contribution in [2.75, 3.05) is 0 Å². The summed E-state index contributed by atoms with van der Waals surface area (Å²) in [5.41, 5.74) is 13.2. The van der Waals surface area contributed by atoms with Crippen molar-refractivity contribution in [2.24, 2.45) is 0 Å². The number of nitrogens with zero attached hydrogens (tertiary/aromatic N) is 2. The standard InChI is InChI=1S/C46H30N2O/c1-46(2)39-19-8-5-15-31(39)35-25-36-32-16-6-9-20-41(32)47(43(36)26-40(35)46)29-13-11-12-27(22-29)28-23-37-30-14-3-4-18-34(30)45(49)48-42-21-10-7-17-33(42)38(24-28)44(37)48/h3-26H,1-2H3. The lowest BCUT2D eigenvalue weighted by molar-refractivity contribution is 0.661. The van der Waals surface area contributed by atoms with Gasteiger partial charge in [-0.2, -0.15) is 0 Å². The van der Waals surface area contributed by atoms with Gasteiger partial charge in [0.2, 0.25) is 0 Å². The van der Waals surface area contributed by atoms with Crippen LogP contribution in [0.5, 0.6) is 0 Å². The molecule has 0 bridgehead atoms. The average molecular weight is 627 g/mol. The molecule has 1 aliphatic rings. The third-order valence-corrected chi connectivity index (χ3v) is 11.2. The third kappa shape index (κ3) is 3.39. The van der Waals surface area contributed by atoms with Gasteiger partial charge in [0.1, 0.15) is 0 Å². The summed E-state index contributed by atoms with van der Waals surface area (Å²) < 4.78 is 4.36. The zero-order valence-corrected chi connectivity index (χ0v) is 27.2. The van der Waals surface area contributed by atoms with E-state index in [4.69, 9.17) is 0 Å². The molecule has 0 fully saturated rings. The molecule has 1 aliphatic carbocycles. The Hall–Kier alpha value is -6.19. The van der Waals surface area contributed by atoms with Crippen LogP contribution >= 0.6 is 0 Å². The van der Waals surface area contributed by atoms with Gasteiger partial charge >= 0.3 is 0 Å². The Balaban J connectivity index is 1.19. The van der Waals surface area contributed by atoms with Crippen LogP contribution in [-0.4, -0.2) is 8.97 Å². The molecule has 49 heavy (non-hydrogen) atoms. The highest BCUT2D eigenvalue weighted by atomic mass is 16.1. The Morgan fingerprint density at radius 3 is 1.92 bits per heavy atom. The van der Waals surface area contributed by atoms with E-state index in [-0.39, 0.29) is 11.0 Å². The van der Waals surface area contributed by atoms with Crippen molar-refractivity contribution >= 4 is 59.8 Å². The molecule has 0 N–H and O–H groups in total. The number of benzene rings is 7. The highest BCUT2D eigenvalue weighted by Gasteiger charge is 2.36. The van der Waals surface area contributed by atoms with Crippen LogP contribution in [0, 0.1) is 0 Å². The van der Waals surface area contributed by atoms with E-state index in [1.807, 2.05) is 28.7 Å². The Bertz CT molecular complexity index is 3100. The van der Waals surface area contributed by atoms with Crippen molar-refractivity contribution in [3.05, 3.63) is 167 Å². The van der Waals surface area contributed by atoms with Gasteiger partial charge in [0.25, 0.3) is 5.56 Å². The van der Waals surface area contributed by atoms with Crippen LogP contribution in [0.1, 0.15) is 25.0 Å². The molecule has 0 saturated heterocycles. The fourth-order valence-corrected chi connectivity index (χ4v) is 8.97. The van der Waals surface area contributed by atoms with Crippen LogP contribution in [0.2, 0.25) is 0 Å². The van der Waals surface area contributed by atoms with Gasteiger partial charge in [0.15, 0.2) is 0 Å². The van der Waals surface area contributed by atoms with E-state index in [1.54, 1.807) is 0 Å². The second-order valence-electron chi connectivity index (χ2n) is 14.1. The SMILES string of the molecule is CC1(C)c2ccccc2-c2cc3c4ccccc4n(-c4cccc(-c5cc6c7ccccc7c(=O)n7c8ccccc8c(c5)c67)c4)c3cc21. The maximum Gasteiger partial charge on any atom is 0.263 e. The maximum atomic E-state index is 13.8. The zero-order chi connectivity index (χ0) is 32.6. The van der Waals surface area contributed by atoms with Gasteiger partial charge in [-0.3, -0.25) is 9.20 Å². The summed E-state index contributed by atoms with van der Waals surface area (Å²) in [4.78, 5) is 13.8. The summed E-state index contributed by atoms with van der Waals surface area (Å²) in [7, 11) is 0. The van der Waals surface area contributed by atoms with Gasteiger partial charge in [0, 0.05) is 43.4 Å². The predicted octanol–water partition coefficient (Wildman–Crippen LogP) is 11.3. The first-order valence-electron chi connectivity index (χ1n) is 17.0. The Morgan fingerprint density at radius 1 is 0.449 bits per heavy atom. The van der Waals surface area contributed by atoms with Crippen LogP contribution < -0.4 is 5.56 Å². The Morgan fingerprint density at radius 2 is 1.10 bits per heavy atom. The van der Waals surface area contributed by atoms with Gasteiger partial charge < -0.3 is 4.57 Å². The highest BCUT2D eigenvalue weighted by Crippen LogP contribution is 2.51. The molecule has 3 aromatic heterocycles. The van der Waals surface area contributed by atoms with Crippen molar-refractivity contribution < 1.29 is 0 Å². The van der Waals surface area contributed by atoms with E-state index >= 15 is 0 Å². The summed E-state index contributed by atoms with van der Waals surface area (Å²) in [5, 5.41) is 7.55. The monoisotopic (exact) mass is 626 g/mol. The fraction of sp³-hybridized carbons (Fsp3) is 0.0652. The van der Waals surface area contributed by atoms with Crippen LogP contribution in [-0.2, 0) is 5.41 Å². The van der Waals surface area contributed by atoms with Crippen molar-refractivity contribution in [1.82, 2.24) is 8.97 Å². The first-order valence-corrected chi connectivity index (χ1v) is 17.0. The summed E-state index contributed by atoms with van der Waals surface area (Å²) in [6, 6.07) is 52.3. The molecule has 11 rings (SSSR count). The molecule has 0 radical (unpaired) electrons. The first-order chi connectivity index (χ1) is 24.0. The molecule has 0 amide bonds. The predicted molar refractivity (Wildman–Crippen MR) is 205 cm³/mol. The molecular formula is C46H30N2O. The minimum Gasteiger partial charge on any atom is -0.309 e. The molecule has 0 atom stereocenters. The van der Waals surface area contributed by atoms with Crippen molar-refractivity contribution in [1.29, 1.82) is 0 Å². The number of hydrogen-bond donors (Lipinski definition) is 0. The average Bonchev–Trinajstić information content (AvgIpc) is 3.73. The van der Waals surface area contributed by atoms with Crippen molar-refractivity contribution in [3.63, 3.8) is 0 Å². The normalized spacial score (nSPS) is 13.8. The largest absolute Gasteiger partial charge is 0.309 e. The number of hydrogen-bond acceptors (Lipinski definition) is 1. The van der Waals surface area contributed by atoms with Crippen molar-refractivity contribution in [3.8, 4) is 27.9 Å². The highest BCUT2D eigenvalue weighted by molar-refractivity contribution is 6.21. The van der Waals surface area contributed by atoms with Crippen LogP contribution in [0.15, 0.2) is 150 Å². The van der Waals surface area contributed by atoms with E-state index in [9.17, 15) is 4.79 Å². The number of aromatic nitrogens is 2. The van der Waals surface area contributed by atoms with E-state index in [0.29, 0.717) is 0 Å². The molecule has 10 aromatic rings. The lowest BCUT2D eigenvalue weighted by atomic mass is 9.82. The zero-order valence-electron chi connectivity index (χ0n) is 27.2. The summed E-state index contributed by atoms with van der Waals surface area (Å²) in [6.45, 7) is 4.70. The van der Waals surface area contributed by atoms with Gasteiger partial charge in [0.05, 0.1) is 22.1 Å². The molecule has 0 unspecified atom stereocenters. The Labute approximate surface area is 282 Å². The molecular weight excluding hydrogens is 597 g/mol. The lowest BCUT2D eigenvalue weighted by Gasteiger charge is -2.21.